The predicted molar refractivity (Wildman–Crippen MR) is 68.8 cm³/mol. The Morgan fingerprint density at radius 2 is 1.89 bits per heavy atom. The Bertz CT molecular complexity index is 473. The molecular formula is C13H17N3O2. The van der Waals surface area contributed by atoms with Crippen molar-refractivity contribution >= 4 is 17.5 Å². The molecule has 1 aliphatic heterocycles. The van der Waals surface area contributed by atoms with Crippen LogP contribution in [-0.2, 0) is 16.0 Å². The smallest absolute Gasteiger partial charge is 0.242 e. The van der Waals surface area contributed by atoms with Crippen LogP contribution in [0, 0.1) is 0 Å². The minimum absolute atomic E-state index is 0.00778. The van der Waals surface area contributed by atoms with Crippen LogP contribution in [-0.4, -0.2) is 48.3 Å². The van der Waals surface area contributed by atoms with E-state index in [1.54, 1.807) is 11.9 Å². The predicted octanol–water partition coefficient (Wildman–Crippen LogP) is 0.112. The second-order valence-corrected chi connectivity index (χ2v) is 4.51. The Hall–Kier alpha value is -2.04. The van der Waals surface area contributed by atoms with E-state index in [2.05, 4.69) is 0 Å². The summed E-state index contributed by atoms with van der Waals surface area (Å²) in [5, 5.41) is 0. The maximum atomic E-state index is 11.8. The van der Waals surface area contributed by atoms with Crippen molar-refractivity contribution in [3.63, 3.8) is 0 Å². The van der Waals surface area contributed by atoms with Gasteiger partial charge in [-0.25, -0.2) is 0 Å². The summed E-state index contributed by atoms with van der Waals surface area (Å²) in [6, 6.07) is 7.58. The summed E-state index contributed by atoms with van der Waals surface area (Å²) in [6.07, 6.45) is 0.676. The molecule has 1 saturated heterocycles. The fourth-order valence-corrected chi connectivity index (χ4v) is 1.98. The van der Waals surface area contributed by atoms with E-state index >= 15 is 0 Å². The number of carbonyl (C=O) groups is 2. The van der Waals surface area contributed by atoms with Crippen LogP contribution < -0.4 is 5.73 Å². The molecule has 0 radical (unpaired) electrons. The highest BCUT2D eigenvalue weighted by Crippen LogP contribution is 2.12. The van der Waals surface area contributed by atoms with E-state index < -0.39 is 0 Å². The average molecular weight is 247 g/mol. The van der Waals surface area contributed by atoms with Gasteiger partial charge in [0.25, 0.3) is 0 Å². The highest BCUT2D eigenvalue weighted by molar-refractivity contribution is 5.92. The third-order valence-electron chi connectivity index (χ3n) is 3.18. The van der Waals surface area contributed by atoms with Crippen molar-refractivity contribution in [3.05, 3.63) is 29.8 Å². The van der Waals surface area contributed by atoms with Crippen molar-refractivity contribution in [2.45, 2.75) is 6.42 Å². The van der Waals surface area contributed by atoms with Crippen molar-refractivity contribution in [2.75, 3.05) is 32.4 Å². The molecule has 5 nitrogen and oxygen atoms in total. The molecule has 0 aromatic heterocycles. The Morgan fingerprint density at radius 1 is 1.17 bits per heavy atom. The molecular weight excluding hydrogens is 230 g/mol. The Balaban J connectivity index is 1.96. The van der Waals surface area contributed by atoms with Gasteiger partial charge in [-0.3, -0.25) is 9.59 Å². The quantitative estimate of drug-likeness (QED) is 0.771. The summed E-state index contributed by atoms with van der Waals surface area (Å²) in [4.78, 5) is 26.3. The van der Waals surface area contributed by atoms with Crippen LogP contribution >= 0.6 is 0 Å². The largest absolute Gasteiger partial charge is 0.399 e. The third-order valence-corrected chi connectivity index (χ3v) is 3.18. The molecule has 2 N–H and O–H groups in total. The molecule has 2 rings (SSSR count). The van der Waals surface area contributed by atoms with Crippen molar-refractivity contribution in [1.82, 2.24) is 9.80 Å². The lowest BCUT2D eigenvalue weighted by molar-refractivity contribution is -0.148. The van der Waals surface area contributed by atoms with Crippen LogP contribution in [0.15, 0.2) is 24.3 Å². The Kier molecular flexibility index (Phi) is 3.50. The standard InChI is InChI=1S/C13H17N3O2/c1-15-8-13(18)16(9-12(15)17)7-6-10-4-2-3-5-11(10)14/h2-5H,6-9,14H2,1H3. The summed E-state index contributed by atoms with van der Waals surface area (Å²) in [7, 11) is 1.65. The van der Waals surface area contributed by atoms with E-state index in [4.69, 9.17) is 5.73 Å². The fraction of sp³-hybridized carbons (Fsp3) is 0.385. The number of nitrogens with two attached hydrogens (primary N) is 1. The van der Waals surface area contributed by atoms with E-state index in [-0.39, 0.29) is 24.9 Å². The molecule has 0 bridgehead atoms. The van der Waals surface area contributed by atoms with Crippen LogP contribution in [0.4, 0.5) is 5.69 Å². The number of amides is 2. The van der Waals surface area contributed by atoms with Crippen LogP contribution in [0.3, 0.4) is 0 Å². The van der Waals surface area contributed by atoms with Crippen molar-refractivity contribution < 1.29 is 9.59 Å². The second-order valence-electron chi connectivity index (χ2n) is 4.51. The molecule has 0 aliphatic carbocycles. The van der Waals surface area contributed by atoms with Gasteiger partial charge < -0.3 is 15.5 Å². The van der Waals surface area contributed by atoms with Crippen LogP contribution in [0.1, 0.15) is 5.56 Å². The zero-order valence-corrected chi connectivity index (χ0v) is 10.4. The SMILES string of the molecule is CN1CC(=O)N(CCc2ccccc2N)CC1=O. The molecule has 1 aromatic carbocycles. The molecule has 0 unspecified atom stereocenters. The topological polar surface area (TPSA) is 66.6 Å². The monoisotopic (exact) mass is 247 g/mol. The normalized spacial score (nSPS) is 16.3. The lowest BCUT2D eigenvalue weighted by Gasteiger charge is -2.31. The minimum atomic E-state index is -0.0179. The number of hydrogen-bond donors (Lipinski definition) is 1. The lowest BCUT2D eigenvalue weighted by atomic mass is 10.1. The molecule has 1 aromatic rings. The van der Waals surface area contributed by atoms with Gasteiger partial charge in [0, 0.05) is 19.3 Å². The van der Waals surface area contributed by atoms with Gasteiger partial charge in [0.15, 0.2) is 0 Å². The maximum Gasteiger partial charge on any atom is 0.242 e. The summed E-state index contributed by atoms with van der Waals surface area (Å²) in [5.74, 6) is -0.0257. The highest BCUT2D eigenvalue weighted by Gasteiger charge is 2.26. The van der Waals surface area contributed by atoms with Crippen LogP contribution in [0.2, 0.25) is 0 Å². The number of likely N-dealkylation sites (N-methyl/N-ethyl adjacent to an activating group) is 1. The van der Waals surface area contributed by atoms with Gasteiger partial charge in [0.2, 0.25) is 11.8 Å². The van der Waals surface area contributed by atoms with Gasteiger partial charge in [-0.1, -0.05) is 18.2 Å². The summed E-state index contributed by atoms with van der Waals surface area (Å²) < 4.78 is 0. The number of nitrogen functional groups attached to an aromatic ring is 1. The third kappa shape index (κ3) is 2.61. The zero-order chi connectivity index (χ0) is 13.1. The Morgan fingerprint density at radius 3 is 2.61 bits per heavy atom. The van der Waals surface area contributed by atoms with E-state index in [9.17, 15) is 9.59 Å². The van der Waals surface area contributed by atoms with E-state index in [0.717, 1.165) is 11.3 Å². The summed E-state index contributed by atoms with van der Waals surface area (Å²) >= 11 is 0. The maximum absolute atomic E-state index is 11.8. The first-order valence-corrected chi connectivity index (χ1v) is 5.93. The van der Waals surface area contributed by atoms with Gasteiger partial charge >= 0.3 is 0 Å². The first-order chi connectivity index (χ1) is 8.58. The van der Waals surface area contributed by atoms with E-state index in [1.165, 1.54) is 4.90 Å². The van der Waals surface area contributed by atoms with Gasteiger partial charge in [-0.05, 0) is 18.1 Å². The molecule has 2 amide bonds. The summed E-state index contributed by atoms with van der Waals surface area (Å²) in [5.41, 5.74) is 7.58. The molecule has 0 saturated carbocycles. The van der Waals surface area contributed by atoms with E-state index in [1.807, 2.05) is 24.3 Å². The van der Waals surface area contributed by atoms with Crippen molar-refractivity contribution in [3.8, 4) is 0 Å². The van der Waals surface area contributed by atoms with Gasteiger partial charge in [0.1, 0.15) is 0 Å². The first-order valence-electron chi connectivity index (χ1n) is 5.93. The fourth-order valence-electron chi connectivity index (χ4n) is 1.98. The highest BCUT2D eigenvalue weighted by atomic mass is 16.2. The molecule has 18 heavy (non-hydrogen) atoms. The number of carbonyl (C=O) groups excluding carboxylic acids is 2. The number of hydrogen-bond acceptors (Lipinski definition) is 3. The van der Waals surface area contributed by atoms with E-state index in [0.29, 0.717) is 13.0 Å². The number of nitrogens with zero attached hydrogens (tertiary/aromatic N) is 2. The lowest BCUT2D eigenvalue weighted by Crippen LogP contribution is -2.52. The van der Waals surface area contributed by atoms with Gasteiger partial charge in [-0.2, -0.15) is 0 Å². The molecule has 0 spiro atoms. The first kappa shape index (κ1) is 12.4. The van der Waals surface area contributed by atoms with Crippen LogP contribution in [0.25, 0.3) is 0 Å². The van der Waals surface area contributed by atoms with Gasteiger partial charge in [-0.15, -0.1) is 0 Å². The molecule has 0 atom stereocenters. The number of para-hydroxylation sites is 1. The second kappa shape index (κ2) is 5.08. The number of anilines is 1. The zero-order valence-electron chi connectivity index (χ0n) is 10.4. The minimum Gasteiger partial charge on any atom is -0.399 e. The summed E-state index contributed by atoms with van der Waals surface area (Å²) in [6.45, 7) is 0.873. The van der Waals surface area contributed by atoms with Crippen LogP contribution in [0.5, 0.6) is 0 Å². The molecule has 1 fully saturated rings. The van der Waals surface area contributed by atoms with Crippen molar-refractivity contribution in [2.24, 2.45) is 0 Å². The number of benzene rings is 1. The average Bonchev–Trinajstić information content (AvgIpc) is 2.34. The van der Waals surface area contributed by atoms with Gasteiger partial charge in [0.05, 0.1) is 13.1 Å². The number of rotatable bonds is 3. The van der Waals surface area contributed by atoms with Crippen molar-refractivity contribution in [1.29, 1.82) is 0 Å². The molecule has 5 heteroatoms. The molecule has 1 heterocycles. The molecule has 96 valence electrons. The Labute approximate surface area is 106 Å². The number of piperazine rings is 1. The molecule has 1 aliphatic rings.